The Labute approximate surface area is 114 Å². The molecule has 0 aromatic heterocycles. The smallest absolute Gasteiger partial charge is 0.406 e. The molecule has 0 fully saturated rings. The van der Waals surface area contributed by atoms with Crippen LogP contribution in [0.5, 0.6) is 5.75 Å². The SMILES string of the molecule is Nc1ccc(/C=C/c2cccc(OC(F)(F)F)c2)cc1. The van der Waals surface area contributed by atoms with E-state index in [4.69, 9.17) is 5.73 Å². The van der Waals surface area contributed by atoms with Crippen LogP contribution in [-0.4, -0.2) is 6.36 Å². The minimum atomic E-state index is -4.68. The summed E-state index contributed by atoms with van der Waals surface area (Å²) in [6.07, 6.45) is -1.19. The molecule has 0 aliphatic heterocycles. The van der Waals surface area contributed by atoms with Gasteiger partial charge in [0.1, 0.15) is 5.75 Å². The van der Waals surface area contributed by atoms with E-state index in [2.05, 4.69) is 4.74 Å². The highest BCUT2D eigenvalue weighted by Crippen LogP contribution is 2.24. The Kier molecular flexibility index (Phi) is 3.98. The molecule has 0 bridgehead atoms. The molecule has 0 atom stereocenters. The third kappa shape index (κ3) is 4.35. The van der Waals surface area contributed by atoms with E-state index in [1.807, 2.05) is 12.1 Å². The van der Waals surface area contributed by atoms with E-state index in [0.29, 0.717) is 11.3 Å². The fourth-order valence-electron chi connectivity index (χ4n) is 1.61. The number of anilines is 1. The van der Waals surface area contributed by atoms with Gasteiger partial charge in [0.05, 0.1) is 0 Å². The number of hydrogen-bond donors (Lipinski definition) is 1. The van der Waals surface area contributed by atoms with Gasteiger partial charge in [0.15, 0.2) is 0 Å². The van der Waals surface area contributed by atoms with Crippen LogP contribution in [0.15, 0.2) is 48.5 Å². The molecule has 0 aliphatic carbocycles. The maximum Gasteiger partial charge on any atom is 0.573 e. The first-order valence-corrected chi connectivity index (χ1v) is 5.82. The first-order valence-electron chi connectivity index (χ1n) is 5.82. The van der Waals surface area contributed by atoms with Crippen LogP contribution in [0.2, 0.25) is 0 Å². The van der Waals surface area contributed by atoms with Crippen molar-refractivity contribution >= 4 is 17.8 Å². The molecule has 0 radical (unpaired) electrons. The first-order chi connectivity index (χ1) is 9.42. The van der Waals surface area contributed by atoms with Crippen LogP contribution in [0.4, 0.5) is 18.9 Å². The number of rotatable bonds is 3. The zero-order valence-corrected chi connectivity index (χ0v) is 10.4. The Morgan fingerprint density at radius 1 is 0.900 bits per heavy atom. The molecular formula is C15H12F3NO. The van der Waals surface area contributed by atoms with Gasteiger partial charge in [-0.3, -0.25) is 0 Å². The van der Waals surface area contributed by atoms with Crippen LogP contribution in [0.25, 0.3) is 12.2 Å². The molecule has 0 heterocycles. The summed E-state index contributed by atoms with van der Waals surface area (Å²) in [5.74, 6) is -0.239. The van der Waals surface area contributed by atoms with E-state index in [1.54, 1.807) is 30.4 Å². The molecule has 5 heteroatoms. The molecule has 2 nitrogen and oxygen atoms in total. The summed E-state index contributed by atoms with van der Waals surface area (Å²) < 4.78 is 40.2. The summed E-state index contributed by atoms with van der Waals surface area (Å²) in [4.78, 5) is 0. The Morgan fingerprint density at radius 2 is 1.55 bits per heavy atom. The molecule has 0 saturated heterocycles. The number of halogens is 3. The Morgan fingerprint density at radius 3 is 2.20 bits per heavy atom. The summed E-state index contributed by atoms with van der Waals surface area (Å²) in [7, 11) is 0. The summed E-state index contributed by atoms with van der Waals surface area (Å²) in [6, 6.07) is 12.9. The van der Waals surface area contributed by atoms with E-state index in [1.165, 1.54) is 18.2 Å². The monoisotopic (exact) mass is 279 g/mol. The Hall–Kier alpha value is -2.43. The van der Waals surface area contributed by atoms with Crippen molar-refractivity contribution in [1.29, 1.82) is 0 Å². The molecule has 2 aromatic carbocycles. The molecular weight excluding hydrogens is 267 g/mol. The average molecular weight is 279 g/mol. The quantitative estimate of drug-likeness (QED) is 0.670. The summed E-state index contributed by atoms with van der Waals surface area (Å²) in [5, 5.41) is 0. The zero-order chi connectivity index (χ0) is 14.6. The topological polar surface area (TPSA) is 35.2 Å². The molecule has 0 unspecified atom stereocenters. The molecule has 2 rings (SSSR count). The predicted octanol–water partition coefficient (Wildman–Crippen LogP) is 4.34. The minimum Gasteiger partial charge on any atom is -0.406 e. The molecule has 0 amide bonds. The van der Waals surface area contributed by atoms with Crippen molar-refractivity contribution in [3.8, 4) is 5.75 Å². The molecule has 0 saturated carbocycles. The number of nitrogens with two attached hydrogens (primary N) is 1. The maximum absolute atomic E-state index is 12.1. The van der Waals surface area contributed by atoms with Crippen LogP contribution < -0.4 is 10.5 Å². The van der Waals surface area contributed by atoms with Gasteiger partial charge in [0, 0.05) is 5.69 Å². The van der Waals surface area contributed by atoms with Crippen molar-refractivity contribution in [2.45, 2.75) is 6.36 Å². The second-order valence-corrected chi connectivity index (χ2v) is 4.12. The zero-order valence-electron chi connectivity index (χ0n) is 10.4. The van der Waals surface area contributed by atoms with E-state index in [9.17, 15) is 13.2 Å². The standard InChI is InChI=1S/C15H12F3NO/c16-15(17,18)20-14-3-1-2-12(10-14)5-4-11-6-8-13(19)9-7-11/h1-10H,19H2/b5-4+. The maximum atomic E-state index is 12.1. The van der Waals surface area contributed by atoms with Gasteiger partial charge < -0.3 is 10.5 Å². The van der Waals surface area contributed by atoms with Crippen molar-refractivity contribution in [3.63, 3.8) is 0 Å². The minimum absolute atomic E-state index is 0.239. The lowest BCUT2D eigenvalue weighted by Gasteiger charge is -2.08. The van der Waals surface area contributed by atoms with Gasteiger partial charge in [0.2, 0.25) is 0 Å². The third-order valence-electron chi connectivity index (χ3n) is 2.50. The lowest BCUT2D eigenvalue weighted by Crippen LogP contribution is -2.17. The third-order valence-corrected chi connectivity index (χ3v) is 2.50. The van der Waals surface area contributed by atoms with Crippen molar-refractivity contribution in [3.05, 3.63) is 59.7 Å². The second kappa shape index (κ2) is 5.69. The number of ether oxygens (including phenoxy) is 1. The van der Waals surface area contributed by atoms with Crippen molar-refractivity contribution in [2.24, 2.45) is 0 Å². The summed E-state index contributed by atoms with van der Waals surface area (Å²) in [5.41, 5.74) is 7.74. The summed E-state index contributed by atoms with van der Waals surface area (Å²) >= 11 is 0. The molecule has 2 N–H and O–H groups in total. The number of benzene rings is 2. The first kappa shape index (κ1) is 14.0. The Balaban J connectivity index is 2.13. The van der Waals surface area contributed by atoms with Crippen LogP contribution in [0, 0.1) is 0 Å². The lowest BCUT2D eigenvalue weighted by molar-refractivity contribution is -0.274. The van der Waals surface area contributed by atoms with E-state index in [-0.39, 0.29) is 5.75 Å². The highest BCUT2D eigenvalue weighted by atomic mass is 19.4. The normalized spacial score (nSPS) is 11.8. The Bertz CT molecular complexity index is 603. The average Bonchev–Trinajstić information content (AvgIpc) is 2.36. The van der Waals surface area contributed by atoms with E-state index >= 15 is 0 Å². The second-order valence-electron chi connectivity index (χ2n) is 4.12. The van der Waals surface area contributed by atoms with Crippen molar-refractivity contribution in [1.82, 2.24) is 0 Å². The largest absolute Gasteiger partial charge is 0.573 e. The van der Waals surface area contributed by atoms with Gasteiger partial charge >= 0.3 is 6.36 Å². The van der Waals surface area contributed by atoms with E-state index in [0.717, 1.165) is 5.56 Å². The molecule has 0 aliphatic rings. The fourth-order valence-corrected chi connectivity index (χ4v) is 1.61. The van der Waals surface area contributed by atoms with Crippen LogP contribution in [-0.2, 0) is 0 Å². The highest BCUT2D eigenvalue weighted by Gasteiger charge is 2.30. The van der Waals surface area contributed by atoms with Crippen LogP contribution >= 0.6 is 0 Å². The van der Waals surface area contributed by atoms with Gasteiger partial charge in [-0.05, 0) is 35.4 Å². The van der Waals surface area contributed by atoms with Gasteiger partial charge in [-0.1, -0.05) is 36.4 Å². The van der Waals surface area contributed by atoms with Crippen molar-refractivity contribution < 1.29 is 17.9 Å². The lowest BCUT2D eigenvalue weighted by atomic mass is 10.1. The highest BCUT2D eigenvalue weighted by molar-refractivity contribution is 5.70. The number of alkyl halides is 3. The van der Waals surface area contributed by atoms with Crippen LogP contribution in [0.1, 0.15) is 11.1 Å². The molecule has 0 spiro atoms. The number of hydrogen-bond acceptors (Lipinski definition) is 2. The molecule has 20 heavy (non-hydrogen) atoms. The number of nitrogen functional groups attached to an aromatic ring is 1. The van der Waals surface area contributed by atoms with Gasteiger partial charge in [0.25, 0.3) is 0 Å². The fraction of sp³-hybridized carbons (Fsp3) is 0.0667. The van der Waals surface area contributed by atoms with Gasteiger partial charge in [-0.15, -0.1) is 13.2 Å². The van der Waals surface area contributed by atoms with Gasteiger partial charge in [-0.2, -0.15) is 0 Å². The predicted molar refractivity (Wildman–Crippen MR) is 72.9 cm³/mol. The molecule has 2 aromatic rings. The van der Waals surface area contributed by atoms with Crippen molar-refractivity contribution in [2.75, 3.05) is 5.73 Å². The molecule has 104 valence electrons. The van der Waals surface area contributed by atoms with E-state index < -0.39 is 6.36 Å². The summed E-state index contributed by atoms with van der Waals surface area (Å²) in [6.45, 7) is 0. The van der Waals surface area contributed by atoms with Gasteiger partial charge in [-0.25, -0.2) is 0 Å². The van der Waals surface area contributed by atoms with Crippen LogP contribution in [0.3, 0.4) is 0 Å².